The molecule has 0 bridgehead atoms. The van der Waals surface area contributed by atoms with Crippen LogP contribution in [0.4, 0.5) is 0 Å². The SMILES string of the molecule is O=S(=O)(NCC1CCOCC1)c1ccc(Cl)cc1. The van der Waals surface area contributed by atoms with Gasteiger partial charge in [0.25, 0.3) is 0 Å². The maximum Gasteiger partial charge on any atom is 0.240 e. The summed E-state index contributed by atoms with van der Waals surface area (Å²) in [6.45, 7) is 1.90. The molecule has 1 heterocycles. The van der Waals surface area contributed by atoms with Gasteiger partial charge in [0.1, 0.15) is 0 Å². The fourth-order valence-corrected chi connectivity index (χ4v) is 3.12. The number of rotatable bonds is 4. The van der Waals surface area contributed by atoms with Gasteiger partial charge in [-0.25, -0.2) is 13.1 Å². The summed E-state index contributed by atoms with van der Waals surface area (Å²) in [5.41, 5.74) is 0. The van der Waals surface area contributed by atoms with Gasteiger partial charge < -0.3 is 4.74 Å². The highest BCUT2D eigenvalue weighted by molar-refractivity contribution is 7.89. The van der Waals surface area contributed by atoms with E-state index in [0.717, 1.165) is 12.8 Å². The summed E-state index contributed by atoms with van der Waals surface area (Å²) in [4.78, 5) is 0.249. The van der Waals surface area contributed by atoms with E-state index in [1.807, 2.05) is 0 Å². The van der Waals surface area contributed by atoms with Crippen molar-refractivity contribution in [1.29, 1.82) is 0 Å². The van der Waals surface area contributed by atoms with Gasteiger partial charge in [-0.2, -0.15) is 0 Å². The van der Waals surface area contributed by atoms with E-state index in [9.17, 15) is 8.42 Å². The largest absolute Gasteiger partial charge is 0.381 e. The Morgan fingerprint density at radius 2 is 1.83 bits per heavy atom. The van der Waals surface area contributed by atoms with Crippen LogP contribution < -0.4 is 4.72 Å². The van der Waals surface area contributed by atoms with Crippen LogP contribution in [0.5, 0.6) is 0 Å². The Morgan fingerprint density at radius 1 is 1.22 bits per heavy atom. The van der Waals surface area contributed by atoms with Crippen molar-refractivity contribution in [3.05, 3.63) is 29.3 Å². The van der Waals surface area contributed by atoms with Gasteiger partial charge in [0, 0.05) is 24.8 Å². The Kier molecular flexibility index (Phi) is 4.61. The van der Waals surface area contributed by atoms with Crippen molar-refractivity contribution in [3.8, 4) is 0 Å². The summed E-state index contributed by atoms with van der Waals surface area (Å²) < 4.78 is 31.9. The van der Waals surface area contributed by atoms with Crippen LogP contribution in [-0.4, -0.2) is 28.2 Å². The standard InChI is InChI=1S/C12H16ClNO3S/c13-11-1-3-12(4-2-11)18(15,16)14-9-10-5-7-17-8-6-10/h1-4,10,14H,5-9H2. The van der Waals surface area contributed by atoms with Gasteiger partial charge in [0.05, 0.1) is 4.90 Å². The molecule has 1 N–H and O–H groups in total. The van der Waals surface area contributed by atoms with Gasteiger partial charge in [0.2, 0.25) is 10.0 Å². The minimum atomic E-state index is -3.43. The highest BCUT2D eigenvalue weighted by Crippen LogP contribution is 2.16. The van der Waals surface area contributed by atoms with Crippen LogP contribution >= 0.6 is 11.6 Å². The van der Waals surface area contributed by atoms with Crippen molar-refractivity contribution in [1.82, 2.24) is 4.72 Å². The van der Waals surface area contributed by atoms with Crippen molar-refractivity contribution in [2.45, 2.75) is 17.7 Å². The van der Waals surface area contributed by atoms with Gasteiger partial charge in [0.15, 0.2) is 0 Å². The molecular weight excluding hydrogens is 274 g/mol. The number of nitrogens with one attached hydrogen (secondary N) is 1. The average Bonchev–Trinajstić information content (AvgIpc) is 2.38. The van der Waals surface area contributed by atoms with Crippen LogP contribution in [0, 0.1) is 5.92 Å². The zero-order valence-electron chi connectivity index (χ0n) is 9.93. The summed E-state index contributed by atoms with van der Waals surface area (Å²) in [6.07, 6.45) is 1.81. The molecule has 0 saturated carbocycles. The molecule has 4 nitrogen and oxygen atoms in total. The highest BCUT2D eigenvalue weighted by atomic mass is 35.5. The summed E-state index contributed by atoms with van der Waals surface area (Å²) in [5.74, 6) is 0.362. The van der Waals surface area contributed by atoms with Gasteiger partial charge in [-0.15, -0.1) is 0 Å². The van der Waals surface area contributed by atoms with Crippen LogP contribution in [0.15, 0.2) is 29.2 Å². The van der Waals surface area contributed by atoms with Gasteiger partial charge in [-0.1, -0.05) is 11.6 Å². The molecule has 0 aliphatic carbocycles. The fraction of sp³-hybridized carbons (Fsp3) is 0.500. The third kappa shape index (κ3) is 3.68. The van der Waals surface area contributed by atoms with Crippen molar-refractivity contribution in [2.24, 2.45) is 5.92 Å². The monoisotopic (exact) mass is 289 g/mol. The summed E-state index contributed by atoms with van der Waals surface area (Å²) in [5, 5.41) is 0.526. The maximum absolute atomic E-state index is 12.0. The van der Waals surface area contributed by atoms with E-state index in [-0.39, 0.29) is 4.90 Å². The minimum absolute atomic E-state index is 0.249. The molecule has 0 atom stereocenters. The summed E-state index contributed by atoms with van der Waals surface area (Å²) >= 11 is 5.73. The molecule has 2 rings (SSSR count). The third-order valence-corrected chi connectivity index (χ3v) is 4.72. The van der Waals surface area contributed by atoms with Crippen molar-refractivity contribution in [3.63, 3.8) is 0 Å². The first kappa shape index (κ1) is 13.8. The second kappa shape index (κ2) is 6.02. The molecule has 1 aromatic rings. The van der Waals surface area contributed by atoms with Gasteiger partial charge >= 0.3 is 0 Å². The van der Waals surface area contributed by atoms with Crippen LogP contribution in [0.1, 0.15) is 12.8 Å². The Bertz CT molecular complexity index is 481. The first-order valence-electron chi connectivity index (χ1n) is 5.91. The molecule has 1 aliphatic heterocycles. The lowest BCUT2D eigenvalue weighted by molar-refractivity contribution is 0.0678. The predicted octanol–water partition coefficient (Wildman–Crippen LogP) is 2.04. The molecule has 18 heavy (non-hydrogen) atoms. The fourth-order valence-electron chi connectivity index (χ4n) is 1.88. The lowest BCUT2D eigenvalue weighted by atomic mass is 10.0. The first-order chi connectivity index (χ1) is 8.58. The second-order valence-electron chi connectivity index (χ2n) is 4.36. The zero-order valence-corrected chi connectivity index (χ0v) is 11.5. The minimum Gasteiger partial charge on any atom is -0.381 e. The highest BCUT2D eigenvalue weighted by Gasteiger charge is 2.18. The number of ether oxygens (including phenoxy) is 1. The van der Waals surface area contributed by atoms with Crippen LogP contribution in [0.2, 0.25) is 5.02 Å². The van der Waals surface area contributed by atoms with E-state index in [1.54, 1.807) is 12.1 Å². The van der Waals surface area contributed by atoms with Gasteiger partial charge in [-0.05, 0) is 43.0 Å². The predicted molar refractivity (Wildman–Crippen MR) is 70.2 cm³/mol. The van der Waals surface area contributed by atoms with Crippen LogP contribution in [0.25, 0.3) is 0 Å². The van der Waals surface area contributed by atoms with Crippen LogP contribution in [0.3, 0.4) is 0 Å². The lowest BCUT2D eigenvalue weighted by Gasteiger charge is -2.22. The van der Waals surface area contributed by atoms with Crippen molar-refractivity contribution < 1.29 is 13.2 Å². The number of halogens is 1. The quantitative estimate of drug-likeness (QED) is 0.923. The zero-order chi connectivity index (χ0) is 13.0. The average molecular weight is 290 g/mol. The Balaban J connectivity index is 1.96. The van der Waals surface area contributed by atoms with E-state index in [4.69, 9.17) is 16.3 Å². The first-order valence-corrected chi connectivity index (χ1v) is 7.77. The summed E-state index contributed by atoms with van der Waals surface area (Å²) in [7, 11) is -3.43. The molecule has 6 heteroatoms. The molecule has 100 valence electrons. The molecule has 0 unspecified atom stereocenters. The Labute approximate surface area is 112 Å². The smallest absolute Gasteiger partial charge is 0.240 e. The number of hydrogen-bond acceptors (Lipinski definition) is 3. The molecule has 1 saturated heterocycles. The number of benzene rings is 1. The summed E-state index contributed by atoms with van der Waals surface area (Å²) in [6, 6.07) is 6.17. The maximum atomic E-state index is 12.0. The van der Waals surface area contributed by atoms with E-state index >= 15 is 0 Å². The molecule has 1 aromatic carbocycles. The lowest BCUT2D eigenvalue weighted by Crippen LogP contribution is -2.32. The van der Waals surface area contributed by atoms with E-state index < -0.39 is 10.0 Å². The second-order valence-corrected chi connectivity index (χ2v) is 6.56. The topological polar surface area (TPSA) is 55.4 Å². The number of sulfonamides is 1. The van der Waals surface area contributed by atoms with E-state index in [0.29, 0.717) is 30.7 Å². The van der Waals surface area contributed by atoms with Gasteiger partial charge in [-0.3, -0.25) is 0 Å². The van der Waals surface area contributed by atoms with E-state index in [1.165, 1.54) is 12.1 Å². The molecule has 0 radical (unpaired) electrons. The molecular formula is C12H16ClNO3S. The third-order valence-electron chi connectivity index (χ3n) is 3.03. The molecule has 0 spiro atoms. The van der Waals surface area contributed by atoms with Crippen LogP contribution in [-0.2, 0) is 14.8 Å². The van der Waals surface area contributed by atoms with E-state index in [2.05, 4.69) is 4.72 Å². The Morgan fingerprint density at radius 3 is 2.44 bits per heavy atom. The van der Waals surface area contributed by atoms with Crippen molar-refractivity contribution >= 4 is 21.6 Å². The number of hydrogen-bond donors (Lipinski definition) is 1. The normalized spacial score (nSPS) is 17.8. The van der Waals surface area contributed by atoms with Crippen molar-refractivity contribution in [2.75, 3.05) is 19.8 Å². The molecule has 1 aliphatic rings. The Hall–Kier alpha value is -0.620. The molecule has 0 amide bonds. The molecule has 1 fully saturated rings. The molecule has 0 aromatic heterocycles.